The molecule has 4 atom stereocenters. The van der Waals surface area contributed by atoms with E-state index >= 15 is 0 Å². The zero-order valence-corrected chi connectivity index (χ0v) is 14.2. The summed E-state index contributed by atoms with van der Waals surface area (Å²) >= 11 is 0. The molecule has 1 aromatic rings. The maximum atomic E-state index is 5.42. The van der Waals surface area contributed by atoms with Crippen LogP contribution in [0.15, 0.2) is 29.8 Å². The van der Waals surface area contributed by atoms with Gasteiger partial charge in [0.1, 0.15) is 5.75 Å². The first-order chi connectivity index (χ1) is 10.7. The largest absolute Gasteiger partial charge is 0.497 e. The highest BCUT2D eigenvalue weighted by molar-refractivity contribution is 5.41. The van der Waals surface area contributed by atoms with Crippen LogP contribution >= 0.6 is 0 Å². The number of fused-ring (bicyclic) bond motifs is 5. The van der Waals surface area contributed by atoms with Crippen molar-refractivity contribution in [2.45, 2.75) is 58.3 Å². The van der Waals surface area contributed by atoms with Crippen molar-refractivity contribution in [1.82, 2.24) is 0 Å². The first-order valence-electron chi connectivity index (χ1n) is 9.00. The van der Waals surface area contributed by atoms with E-state index in [1.165, 1.54) is 38.5 Å². The van der Waals surface area contributed by atoms with Crippen LogP contribution in [0.1, 0.15) is 63.0 Å². The van der Waals surface area contributed by atoms with Crippen LogP contribution in [0.2, 0.25) is 0 Å². The summed E-state index contributed by atoms with van der Waals surface area (Å²) in [5, 5.41) is 0. The molecule has 0 saturated heterocycles. The lowest BCUT2D eigenvalue weighted by Gasteiger charge is -2.49. The molecule has 2 saturated carbocycles. The van der Waals surface area contributed by atoms with Crippen molar-refractivity contribution in [3.05, 3.63) is 41.0 Å². The van der Waals surface area contributed by atoms with Gasteiger partial charge in [0.05, 0.1) is 7.11 Å². The fraction of sp³-hybridized carbons (Fsp3) is 0.619. The van der Waals surface area contributed by atoms with E-state index in [1.807, 2.05) is 0 Å². The number of hydrogen-bond acceptors (Lipinski definition) is 1. The molecule has 0 bridgehead atoms. The maximum absolute atomic E-state index is 5.42. The zero-order valence-electron chi connectivity index (χ0n) is 14.2. The van der Waals surface area contributed by atoms with Gasteiger partial charge in [0.15, 0.2) is 0 Å². The van der Waals surface area contributed by atoms with E-state index in [0.29, 0.717) is 5.41 Å². The summed E-state index contributed by atoms with van der Waals surface area (Å²) in [7, 11) is 1.77. The Balaban J connectivity index is 1.69. The normalized spacial score (nSPS) is 38.3. The summed E-state index contributed by atoms with van der Waals surface area (Å²) < 4.78 is 5.42. The van der Waals surface area contributed by atoms with E-state index in [-0.39, 0.29) is 0 Å². The van der Waals surface area contributed by atoms with Crippen LogP contribution in [0.25, 0.3) is 0 Å². The lowest BCUT2D eigenvalue weighted by Crippen LogP contribution is -2.40. The van der Waals surface area contributed by atoms with Crippen LogP contribution < -0.4 is 4.74 Å². The van der Waals surface area contributed by atoms with Crippen molar-refractivity contribution in [2.24, 2.45) is 17.3 Å². The van der Waals surface area contributed by atoms with E-state index in [1.54, 1.807) is 23.8 Å². The van der Waals surface area contributed by atoms with E-state index < -0.39 is 0 Å². The molecule has 0 spiro atoms. The predicted molar refractivity (Wildman–Crippen MR) is 91.4 cm³/mol. The van der Waals surface area contributed by atoms with Crippen LogP contribution in [0.4, 0.5) is 0 Å². The molecule has 1 nitrogen and oxygen atoms in total. The van der Waals surface area contributed by atoms with Crippen molar-refractivity contribution in [3.8, 4) is 5.75 Å². The molecule has 3 unspecified atom stereocenters. The van der Waals surface area contributed by atoms with Gasteiger partial charge in [-0.2, -0.15) is 0 Å². The first kappa shape index (κ1) is 14.4. The van der Waals surface area contributed by atoms with Gasteiger partial charge in [-0.15, -0.1) is 0 Å². The zero-order chi connectivity index (χ0) is 15.3. The standard InChI is InChI=1S/C21H28O/c1-4-15-6-10-20-19-8-5-14-13-16(22-3)7-9-17(14)18(19)11-12-21(15,20)2/h4,7,9,13,18-20H,5-6,8,10-12H2,1-3H3/b15-4-/t18?,19?,20?,21-/m1/s1. The van der Waals surface area contributed by atoms with Crippen molar-refractivity contribution in [2.75, 3.05) is 7.11 Å². The Hall–Kier alpha value is -1.24. The molecule has 22 heavy (non-hydrogen) atoms. The fourth-order valence-electron chi connectivity index (χ4n) is 6.01. The highest BCUT2D eigenvalue weighted by Gasteiger charge is 2.52. The van der Waals surface area contributed by atoms with Crippen LogP contribution in [0, 0.1) is 17.3 Å². The molecule has 0 radical (unpaired) electrons. The quantitative estimate of drug-likeness (QED) is 0.622. The molecule has 3 aliphatic carbocycles. The third kappa shape index (κ3) is 1.90. The summed E-state index contributed by atoms with van der Waals surface area (Å²) in [5.74, 6) is 3.63. The number of methoxy groups -OCH3 is 1. The molecular weight excluding hydrogens is 268 g/mol. The summed E-state index contributed by atoms with van der Waals surface area (Å²) in [4.78, 5) is 0. The van der Waals surface area contributed by atoms with Crippen LogP contribution in [0.3, 0.4) is 0 Å². The molecule has 0 amide bonds. The minimum atomic E-state index is 0.500. The molecule has 0 aliphatic heterocycles. The maximum Gasteiger partial charge on any atom is 0.119 e. The van der Waals surface area contributed by atoms with E-state index in [9.17, 15) is 0 Å². The molecule has 2 fully saturated rings. The van der Waals surface area contributed by atoms with Gasteiger partial charge in [-0.25, -0.2) is 0 Å². The summed E-state index contributed by atoms with van der Waals surface area (Å²) in [6, 6.07) is 6.81. The Morgan fingerprint density at radius 3 is 2.82 bits per heavy atom. The lowest BCUT2D eigenvalue weighted by molar-refractivity contribution is 0.0813. The van der Waals surface area contributed by atoms with E-state index in [4.69, 9.17) is 4.74 Å². The van der Waals surface area contributed by atoms with Crippen molar-refractivity contribution >= 4 is 0 Å². The van der Waals surface area contributed by atoms with Gasteiger partial charge in [-0.3, -0.25) is 0 Å². The molecular formula is C21H28O. The average molecular weight is 296 g/mol. The van der Waals surface area contributed by atoms with Crippen molar-refractivity contribution in [3.63, 3.8) is 0 Å². The molecule has 1 heteroatoms. The monoisotopic (exact) mass is 296 g/mol. The number of hydrogen-bond donors (Lipinski definition) is 0. The van der Waals surface area contributed by atoms with Gasteiger partial charge >= 0.3 is 0 Å². The third-order valence-corrected chi connectivity index (χ3v) is 7.13. The minimum Gasteiger partial charge on any atom is -0.497 e. The third-order valence-electron chi connectivity index (χ3n) is 7.13. The van der Waals surface area contributed by atoms with Crippen molar-refractivity contribution in [1.29, 1.82) is 0 Å². The Morgan fingerprint density at radius 2 is 2.05 bits per heavy atom. The Labute approximate surface area is 134 Å². The van der Waals surface area contributed by atoms with Crippen LogP contribution in [0.5, 0.6) is 5.75 Å². The van der Waals surface area contributed by atoms with Gasteiger partial charge in [0, 0.05) is 0 Å². The number of benzene rings is 1. The van der Waals surface area contributed by atoms with Gasteiger partial charge in [-0.1, -0.05) is 24.6 Å². The number of ether oxygens (including phenoxy) is 1. The van der Waals surface area contributed by atoms with Crippen molar-refractivity contribution < 1.29 is 4.74 Å². The molecule has 118 valence electrons. The second-order valence-corrected chi connectivity index (χ2v) is 7.79. The molecule has 0 aromatic heterocycles. The molecule has 0 N–H and O–H groups in total. The van der Waals surface area contributed by atoms with Gasteiger partial charge < -0.3 is 4.74 Å². The number of rotatable bonds is 1. The molecule has 1 aromatic carbocycles. The van der Waals surface area contributed by atoms with Gasteiger partial charge in [-0.05, 0) is 91.9 Å². The number of aryl methyl sites for hydroxylation is 1. The van der Waals surface area contributed by atoms with Crippen LogP contribution in [-0.2, 0) is 6.42 Å². The molecule has 4 rings (SSSR count). The summed E-state index contributed by atoms with van der Waals surface area (Å²) in [6.45, 7) is 4.80. The van der Waals surface area contributed by atoms with Gasteiger partial charge in [0.25, 0.3) is 0 Å². The number of allylic oxidation sites excluding steroid dienone is 2. The van der Waals surface area contributed by atoms with Gasteiger partial charge in [0.2, 0.25) is 0 Å². The first-order valence-corrected chi connectivity index (χ1v) is 9.00. The predicted octanol–water partition coefficient (Wildman–Crippen LogP) is 5.50. The Kier molecular flexibility index (Phi) is 3.36. The highest BCUT2D eigenvalue weighted by atomic mass is 16.5. The Bertz CT molecular complexity index is 614. The molecule has 0 heterocycles. The topological polar surface area (TPSA) is 9.23 Å². The second-order valence-electron chi connectivity index (χ2n) is 7.79. The second kappa shape index (κ2) is 5.15. The Morgan fingerprint density at radius 1 is 1.18 bits per heavy atom. The lowest BCUT2D eigenvalue weighted by atomic mass is 9.55. The smallest absolute Gasteiger partial charge is 0.119 e. The highest BCUT2D eigenvalue weighted by Crippen LogP contribution is 2.62. The summed E-state index contributed by atoms with van der Waals surface area (Å²) in [6.07, 6.45) is 10.5. The van der Waals surface area contributed by atoms with Crippen LogP contribution in [-0.4, -0.2) is 7.11 Å². The minimum absolute atomic E-state index is 0.500. The van der Waals surface area contributed by atoms with E-state index in [2.05, 4.69) is 38.1 Å². The van der Waals surface area contributed by atoms with E-state index in [0.717, 1.165) is 23.5 Å². The molecule has 3 aliphatic rings. The summed E-state index contributed by atoms with van der Waals surface area (Å²) in [5.41, 5.74) is 5.43. The average Bonchev–Trinajstić information content (AvgIpc) is 2.90. The SMILES string of the molecule is C/C=C1/CCC2C3CCc4cc(OC)ccc4C3CC[C@]12C. The fourth-order valence-corrected chi connectivity index (χ4v) is 6.01.